The minimum Gasteiger partial charge on any atom is -0.392 e. The molecule has 18 heavy (non-hydrogen) atoms. The molecule has 100 valence electrons. The van der Waals surface area contributed by atoms with Crippen LogP contribution < -0.4 is 5.73 Å². The van der Waals surface area contributed by atoms with Gasteiger partial charge in [-0.2, -0.15) is 0 Å². The van der Waals surface area contributed by atoms with Gasteiger partial charge in [-0.3, -0.25) is 0 Å². The van der Waals surface area contributed by atoms with Gasteiger partial charge in [-0.15, -0.1) is 0 Å². The van der Waals surface area contributed by atoms with Crippen LogP contribution in [0.2, 0.25) is 5.02 Å². The highest BCUT2D eigenvalue weighted by molar-refractivity contribution is 6.31. The maximum atomic E-state index is 13.0. The third-order valence-electron chi connectivity index (χ3n) is 3.91. The van der Waals surface area contributed by atoms with Crippen molar-refractivity contribution in [1.82, 2.24) is 0 Å². The SMILES string of the molecule is NCC(c1ccc(F)cc1Cl)C(O)C1CCCC1. The molecule has 2 rings (SSSR count). The Morgan fingerprint density at radius 1 is 1.39 bits per heavy atom. The summed E-state index contributed by atoms with van der Waals surface area (Å²) in [5.74, 6) is -0.282. The first kappa shape index (κ1) is 13.8. The smallest absolute Gasteiger partial charge is 0.124 e. The largest absolute Gasteiger partial charge is 0.392 e. The highest BCUT2D eigenvalue weighted by Crippen LogP contribution is 2.36. The average Bonchev–Trinajstić information content (AvgIpc) is 2.86. The molecule has 0 aromatic heterocycles. The molecule has 2 unspecified atom stereocenters. The molecule has 1 aliphatic carbocycles. The van der Waals surface area contributed by atoms with Gasteiger partial charge in [0.25, 0.3) is 0 Å². The molecule has 0 saturated heterocycles. The van der Waals surface area contributed by atoms with Crippen LogP contribution in [0.15, 0.2) is 18.2 Å². The van der Waals surface area contributed by atoms with Crippen molar-refractivity contribution >= 4 is 11.6 Å². The molecule has 2 atom stereocenters. The monoisotopic (exact) mass is 271 g/mol. The van der Waals surface area contributed by atoms with Crippen LogP contribution in [0.3, 0.4) is 0 Å². The van der Waals surface area contributed by atoms with Crippen LogP contribution in [0.4, 0.5) is 4.39 Å². The minimum atomic E-state index is -0.486. The zero-order chi connectivity index (χ0) is 13.1. The quantitative estimate of drug-likeness (QED) is 0.884. The minimum absolute atomic E-state index is 0.207. The van der Waals surface area contributed by atoms with Gasteiger partial charge in [-0.25, -0.2) is 4.39 Å². The molecule has 1 saturated carbocycles. The Kier molecular flexibility index (Phi) is 4.60. The first-order valence-electron chi connectivity index (χ1n) is 6.46. The van der Waals surface area contributed by atoms with Crippen LogP contribution >= 0.6 is 11.6 Å². The second kappa shape index (κ2) is 6.00. The van der Waals surface area contributed by atoms with Crippen molar-refractivity contribution in [2.45, 2.75) is 37.7 Å². The lowest BCUT2D eigenvalue weighted by Crippen LogP contribution is -2.31. The Bertz CT molecular complexity index is 407. The molecule has 0 bridgehead atoms. The molecule has 0 amide bonds. The van der Waals surface area contributed by atoms with E-state index in [-0.39, 0.29) is 11.7 Å². The fourth-order valence-electron chi connectivity index (χ4n) is 2.88. The number of hydrogen-bond acceptors (Lipinski definition) is 2. The lowest BCUT2D eigenvalue weighted by atomic mass is 9.85. The Morgan fingerprint density at radius 3 is 2.61 bits per heavy atom. The third kappa shape index (κ3) is 2.85. The summed E-state index contributed by atoms with van der Waals surface area (Å²) in [7, 11) is 0. The van der Waals surface area contributed by atoms with E-state index in [1.807, 2.05) is 0 Å². The predicted molar refractivity (Wildman–Crippen MR) is 71.2 cm³/mol. The summed E-state index contributed by atoms with van der Waals surface area (Å²) in [6.07, 6.45) is 3.92. The van der Waals surface area contributed by atoms with Crippen molar-refractivity contribution in [2.24, 2.45) is 11.7 Å². The second-order valence-corrected chi connectivity index (χ2v) is 5.45. The van der Waals surface area contributed by atoms with Crippen molar-refractivity contribution in [1.29, 1.82) is 0 Å². The van der Waals surface area contributed by atoms with Crippen molar-refractivity contribution in [3.8, 4) is 0 Å². The van der Waals surface area contributed by atoms with Crippen molar-refractivity contribution < 1.29 is 9.50 Å². The van der Waals surface area contributed by atoms with E-state index in [2.05, 4.69) is 0 Å². The van der Waals surface area contributed by atoms with Crippen LogP contribution in [0.5, 0.6) is 0 Å². The Balaban J connectivity index is 2.21. The molecule has 0 aliphatic heterocycles. The van der Waals surface area contributed by atoms with Gasteiger partial charge in [-0.05, 0) is 36.5 Å². The molecule has 0 spiro atoms. The van der Waals surface area contributed by atoms with E-state index in [4.69, 9.17) is 17.3 Å². The molecule has 2 nitrogen and oxygen atoms in total. The van der Waals surface area contributed by atoms with Gasteiger partial charge in [0.1, 0.15) is 5.82 Å². The third-order valence-corrected chi connectivity index (χ3v) is 4.24. The molecule has 4 heteroatoms. The fraction of sp³-hybridized carbons (Fsp3) is 0.571. The Morgan fingerprint density at radius 2 is 2.06 bits per heavy atom. The molecule has 1 aromatic rings. The number of halogens is 2. The molecule has 0 heterocycles. The van der Waals surface area contributed by atoms with Crippen molar-refractivity contribution in [2.75, 3.05) is 6.54 Å². The van der Waals surface area contributed by atoms with Crippen LogP contribution in [-0.2, 0) is 0 Å². The van der Waals surface area contributed by atoms with E-state index < -0.39 is 6.10 Å². The summed E-state index contributed by atoms with van der Waals surface area (Å²) in [4.78, 5) is 0. The van der Waals surface area contributed by atoms with Gasteiger partial charge in [0.2, 0.25) is 0 Å². The molecular weight excluding hydrogens is 253 g/mol. The van der Waals surface area contributed by atoms with Gasteiger partial charge in [0, 0.05) is 17.5 Å². The van der Waals surface area contributed by atoms with Gasteiger partial charge in [-0.1, -0.05) is 30.5 Å². The Hall–Kier alpha value is -0.640. The van der Waals surface area contributed by atoms with E-state index in [1.165, 1.54) is 12.1 Å². The van der Waals surface area contributed by atoms with Crippen LogP contribution in [0.1, 0.15) is 37.2 Å². The lowest BCUT2D eigenvalue weighted by molar-refractivity contribution is 0.0851. The maximum Gasteiger partial charge on any atom is 0.124 e. The summed E-state index contributed by atoms with van der Waals surface area (Å²) < 4.78 is 13.0. The predicted octanol–water partition coefficient (Wildman–Crippen LogP) is 3.07. The average molecular weight is 272 g/mol. The zero-order valence-corrected chi connectivity index (χ0v) is 11.0. The molecule has 1 aromatic carbocycles. The van der Waals surface area contributed by atoms with Gasteiger partial charge in [0.05, 0.1) is 6.10 Å². The maximum absolute atomic E-state index is 13.0. The first-order chi connectivity index (χ1) is 8.63. The number of nitrogens with two attached hydrogens (primary N) is 1. The molecule has 1 aliphatic rings. The highest BCUT2D eigenvalue weighted by Gasteiger charge is 2.31. The van der Waals surface area contributed by atoms with Crippen LogP contribution in [0.25, 0.3) is 0 Å². The topological polar surface area (TPSA) is 46.2 Å². The van der Waals surface area contributed by atoms with E-state index in [0.717, 1.165) is 31.2 Å². The van der Waals surface area contributed by atoms with E-state index in [0.29, 0.717) is 17.5 Å². The number of aliphatic hydroxyl groups is 1. The summed E-state index contributed by atoms with van der Waals surface area (Å²) in [5, 5.41) is 10.8. The van der Waals surface area contributed by atoms with Crippen LogP contribution in [-0.4, -0.2) is 17.8 Å². The highest BCUT2D eigenvalue weighted by atomic mass is 35.5. The van der Waals surface area contributed by atoms with E-state index >= 15 is 0 Å². The van der Waals surface area contributed by atoms with Gasteiger partial charge < -0.3 is 10.8 Å². The summed E-state index contributed by atoms with van der Waals surface area (Å²) >= 11 is 6.05. The number of hydrogen-bond donors (Lipinski definition) is 2. The first-order valence-corrected chi connectivity index (χ1v) is 6.84. The van der Waals surface area contributed by atoms with Gasteiger partial charge in [0.15, 0.2) is 0 Å². The van der Waals surface area contributed by atoms with Crippen molar-refractivity contribution in [3.05, 3.63) is 34.6 Å². The number of benzene rings is 1. The Labute approximate surface area is 112 Å². The fourth-order valence-corrected chi connectivity index (χ4v) is 3.19. The molecular formula is C14H19ClFNO. The summed E-state index contributed by atoms with van der Waals surface area (Å²) in [5.41, 5.74) is 6.52. The normalized spacial score (nSPS) is 20.0. The lowest BCUT2D eigenvalue weighted by Gasteiger charge is -2.27. The number of rotatable bonds is 4. The second-order valence-electron chi connectivity index (χ2n) is 5.04. The summed E-state index contributed by atoms with van der Waals surface area (Å²) in [6.45, 7) is 0.322. The number of aliphatic hydroxyl groups excluding tert-OH is 1. The van der Waals surface area contributed by atoms with Gasteiger partial charge >= 0.3 is 0 Å². The van der Waals surface area contributed by atoms with Crippen molar-refractivity contribution in [3.63, 3.8) is 0 Å². The standard InChI is InChI=1S/C14H19ClFNO/c15-13-7-10(16)5-6-11(13)12(8-17)14(18)9-3-1-2-4-9/h5-7,9,12,14,18H,1-4,8,17H2. The van der Waals surface area contributed by atoms with E-state index in [1.54, 1.807) is 6.07 Å². The molecule has 3 N–H and O–H groups in total. The zero-order valence-electron chi connectivity index (χ0n) is 10.3. The van der Waals surface area contributed by atoms with E-state index in [9.17, 15) is 9.50 Å². The summed E-state index contributed by atoms with van der Waals surface area (Å²) in [6, 6.07) is 4.28. The van der Waals surface area contributed by atoms with Crippen LogP contribution in [0, 0.1) is 11.7 Å². The molecule has 1 fully saturated rings. The molecule has 0 radical (unpaired) electrons.